The van der Waals surface area contributed by atoms with Gasteiger partial charge in [-0.25, -0.2) is 4.98 Å². The molecule has 0 radical (unpaired) electrons. The molecule has 126 valence electrons. The highest BCUT2D eigenvalue weighted by molar-refractivity contribution is 5.68. The average molecular weight is 331 g/mol. The lowest BCUT2D eigenvalue weighted by atomic mass is 9.90. The molecular weight excluding hydrogens is 310 g/mol. The number of pyridine rings is 3. The van der Waals surface area contributed by atoms with E-state index in [0.717, 1.165) is 29.8 Å². The van der Waals surface area contributed by atoms with Crippen molar-refractivity contribution in [2.75, 3.05) is 0 Å². The molecule has 3 heterocycles. The maximum Gasteiger partial charge on any atom is 0.214 e. The lowest BCUT2D eigenvalue weighted by molar-refractivity contribution is 0.288. The van der Waals surface area contributed by atoms with E-state index in [9.17, 15) is 0 Å². The number of hydrogen-bond acceptors (Lipinski definition) is 4. The molecule has 4 nitrogen and oxygen atoms in total. The van der Waals surface area contributed by atoms with Crippen molar-refractivity contribution in [3.63, 3.8) is 0 Å². The summed E-state index contributed by atoms with van der Waals surface area (Å²) in [6.45, 7) is 2.42. The van der Waals surface area contributed by atoms with E-state index in [1.807, 2.05) is 37.4 Å². The monoisotopic (exact) mass is 331 g/mol. The number of fused-ring (bicyclic) bond motifs is 1. The zero-order valence-corrected chi connectivity index (χ0v) is 14.4. The Balaban J connectivity index is 1.66. The fourth-order valence-electron chi connectivity index (χ4n) is 3.36. The molecule has 4 heteroatoms. The van der Waals surface area contributed by atoms with Crippen LogP contribution in [-0.4, -0.2) is 15.0 Å². The van der Waals surface area contributed by atoms with Gasteiger partial charge in [0.05, 0.1) is 5.69 Å². The molecule has 0 bridgehead atoms. The summed E-state index contributed by atoms with van der Waals surface area (Å²) >= 11 is 0. The van der Waals surface area contributed by atoms with E-state index in [4.69, 9.17) is 9.72 Å². The molecule has 0 amide bonds. The van der Waals surface area contributed by atoms with Gasteiger partial charge in [0.2, 0.25) is 5.88 Å². The normalized spacial score (nSPS) is 13.3. The van der Waals surface area contributed by atoms with E-state index in [0.29, 0.717) is 12.5 Å². The van der Waals surface area contributed by atoms with Crippen LogP contribution in [0.2, 0.25) is 0 Å². The van der Waals surface area contributed by atoms with Crippen LogP contribution in [0.4, 0.5) is 0 Å². The molecule has 0 N–H and O–H groups in total. The fraction of sp³-hybridized carbons (Fsp3) is 0.286. The first-order chi connectivity index (χ1) is 12.3. The molecule has 0 aromatic carbocycles. The van der Waals surface area contributed by atoms with Gasteiger partial charge < -0.3 is 4.74 Å². The molecule has 0 aliphatic heterocycles. The Hall–Kier alpha value is -2.75. The average Bonchev–Trinajstić information content (AvgIpc) is 2.66. The number of aromatic nitrogens is 3. The number of rotatable bonds is 4. The lowest BCUT2D eigenvalue weighted by Gasteiger charge is -2.20. The molecular formula is C21H21N3O. The van der Waals surface area contributed by atoms with Crippen LogP contribution in [-0.2, 0) is 19.4 Å². The second-order valence-corrected chi connectivity index (χ2v) is 6.44. The molecule has 0 atom stereocenters. The van der Waals surface area contributed by atoms with E-state index in [1.165, 1.54) is 29.7 Å². The van der Waals surface area contributed by atoms with Gasteiger partial charge >= 0.3 is 0 Å². The van der Waals surface area contributed by atoms with Gasteiger partial charge in [-0.15, -0.1) is 0 Å². The van der Waals surface area contributed by atoms with E-state index in [-0.39, 0.29) is 0 Å². The maximum absolute atomic E-state index is 5.98. The van der Waals surface area contributed by atoms with Gasteiger partial charge in [-0.1, -0.05) is 12.1 Å². The Bertz CT molecular complexity index is 878. The second kappa shape index (κ2) is 7.01. The summed E-state index contributed by atoms with van der Waals surface area (Å²) in [5.74, 6) is 0.669. The highest BCUT2D eigenvalue weighted by Gasteiger charge is 2.18. The number of hydrogen-bond donors (Lipinski definition) is 0. The minimum absolute atomic E-state index is 0.431. The molecule has 3 aromatic rings. The predicted octanol–water partition coefficient (Wildman–Crippen LogP) is 4.30. The van der Waals surface area contributed by atoms with Crippen molar-refractivity contribution in [2.45, 2.75) is 39.2 Å². The molecule has 0 fully saturated rings. The van der Waals surface area contributed by atoms with Crippen LogP contribution in [0.5, 0.6) is 5.88 Å². The van der Waals surface area contributed by atoms with Gasteiger partial charge in [-0.05, 0) is 61.9 Å². The Morgan fingerprint density at radius 1 is 1.04 bits per heavy atom. The van der Waals surface area contributed by atoms with Crippen molar-refractivity contribution >= 4 is 0 Å². The molecule has 0 spiro atoms. The predicted molar refractivity (Wildman–Crippen MR) is 97.4 cm³/mol. The van der Waals surface area contributed by atoms with Crippen LogP contribution < -0.4 is 4.74 Å². The Labute approximate surface area is 148 Å². The molecule has 0 unspecified atom stereocenters. The lowest BCUT2D eigenvalue weighted by Crippen LogP contribution is -2.09. The summed E-state index contributed by atoms with van der Waals surface area (Å²) in [7, 11) is 0. The van der Waals surface area contributed by atoms with Crippen molar-refractivity contribution in [3.8, 4) is 17.0 Å². The number of nitrogens with zero attached hydrogens (tertiary/aromatic N) is 3. The molecule has 0 saturated heterocycles. The van der Waals surface area contributed by atoms with Crippen LogP contribution in [0.15, 0.2) is 48.8 Å². The summed E-state index contributed by atoms with van der Waals surface area (Å²) in [5.41, 5.74) is 6.75. The minimum atomic E-state index is 0.431. The molecule has 1 aliphatic rings. The van der Waals surface area contributed by atoms with Crippen molar-refractivity contribution in [1.29, 1.82) is 0 Å². The summed E-state index contributed by atoms with van der Waals surface area (Å²) in [4.78, 5) is 13.5. The Morgan fingerprint density at radius 3 is 2.80 bits per heavy atom. The van der Waals surface area contributed by atoms with Crippen molar-refractivity contribution in [1.82, 2.24) is 15.0 Å². The van der Waals surface area contributed by atoms with Crippen LogP contribution >= 0.6 is 0 Å². The van der Waals surface area contributed by atoms with E-state index < -0.39 is 0 Å². The van der Waals surface area contributed by atoms with Crippen LogP contribution in [0.3, 0.4) is 0 Å². The second-order valence-electron chi connectivity index (χ2n) is 6.44. The highest BCUT2D eigenvalue weighted by Crippen LogP contribution is 2.33. The SMILES string of the molecule is Cc1cccc(COc2cc(-c3cccnc3)c3c(n2)CCCC3)n1. The smallest absolute Gasteiger partial charge is 0.214 e. The van der Waals surface area contributed by atoms with Gasteiger partial charge in [-0.2, -0.15) is 0 Å². The van der Waals surface area contributed by atoms with Crippen molar-refractivity contribution in [3.05, 3.63) is 71.4 Å². The van der Waals surface area contributed by atoms with Gasteiger partial charge in [0.1, 0.15) is 6.61 Å². The molecule has 4 rings (SSSR count). The van der Waals surface area contributed by atoms with Crippen LogP contribution in [0.25, 0.3) is 11.1 Å². The number of aryl methyl sites for hydroxylation is 2. The Kier molecular flexibility index (Phi) is 4.42. The largest absolute Gasteiger partial charge is 0.471 e. The van der Waals surface area contributed by atoms with Crippen LogP contribution in [0.1, 0.15) is 35.5 Å². The molecule has 3 aromatic heterocycles. The first kappa shape index (κ1) is 15.8. The van der Waals surface area contributed by atoms with E-state index >= 15 is 0 Å². The van der Waals surface area contributed by atoms with Crippen molar-refractivity contribution in [2.24, 2.45) is 0 Å². The third-order valence-electron chi connectivity index (χ3n) is 4.56. The minimum Gasteiger partial charge on any atom is -0.471 e. The first-order valence-corrected chi connectivity index (χ1v) is 8.78. The molecule has 25 heavy (non-hydrogen) atoms. The first-order valence-electron chi connectivity index (χ1n) is 8.78. The van der Waals surface area contributed by atoms with E-state index in [2.05, 4.69) is 22.1 Å². The summed E-state index contributed by atoms with van der Waals surface area (Å²) in [6, 6.07) is 12.1. The van der Waals surface area contributed by atoms with Crippen LogP contribution in [0, 0.1) is 6.92 Å². The molecule has 0 saturated carbocycles. The van der Waals surface area contributed by atoms with Crippen molar-refractivity contribution < 1.29 is 4.74 Å². The van der Waals surface area contributed by atoms with Gasteiger partial charge in [0.25, 0.3) is 0 Å². The standard InChI is InChI=1S/C21H21N3O/c1-15-6-4-8-17(23-15)14-25-21-12-19(16-7-5-11-22-13-16)18-9-2-3-10-20(18)24-21/h4-8,11-13H,2-3,9-10,14H2,1H3. The summed E-state index contributed by atoms with van der Waals surface area (Å²) in [6.07, 6.45) is 8.22. The fourth-order valence-corrected chi connectivity index (χ4v) is 3.36. The van der Waals surface area contributed by atoms with Gasteiger partial charge in [-0.3, -0.25) is 9.97 Å². The topological polar surface area (TPSA) is 47.9 Å². The molecule has 1 aliphatic carbocycles. The zero-order chi connectivity index (χ0) is 17.1. The number of ether oxygens (including phenoxy) is 1. The zero-order valence-electron chi connectivity index (χ0n) is 14.4. The maximum atomic E-state index is 5.98. The summed E-state index contributed by atoms with van der Waals surface area (Å²) in [5, 5.41) is 0. The highest BCUT2D eigenvalue weighted by atomic mass is 16.5. The summed E-state index contributed by atoms with van der Waals surface area (Å²) < 4.78 is 5.98. The third-order valence-corrected chi connectivity index (χ3v) is 4.56. The quantitative estimate of drug-likeness (QED) is 0.715. The van der Waals surface area contributed by atoms with E-state index in [1.54, 1.807) is 6.20 Å². The van der Waals surface area contributed by atoms with Gasteiger partial charge in [0, 0.05) is 35.4 Å². The van der Waals surface area contributed by atoms with Gasteiger partial charge in [0.15, 0.2) is 0 Å². The third kappa shape index (κ3) is 3.53. The Morgan fingerprint density at radius 2 is 1.96 bits per heavy atom.